The third-order valence-corrected chi connectivity index (χ3v) is 10.7. The molecule has 0 atom stereocenters. The zero-order chi connectivity index (χ0) is 33.8. The van der Waals surface area contributed by atoms with Gasteiger partial charge in [0.05, 0.1) is 31.9 Å². The molecule has 0 unspecified atom stereocenters. The average molecular weight is 815 g/mol. The molecule has 27 heteroatoms. The summed E-state index contributed by atoms with van der Waals surface area (Å²) in [5.41, 5.74) is -1.78. The molecular weight excluding hydrogens is 801 g/mol. The van der Waals surface area contributed by atoms with Crippen molar-refractivity contribution >= 4 is 83.5 Å². The molecule has 0 aliphatic carbocycles. The number of azo groups is 1. The number of phenolic OH excluding ortho intramolecular Hbond substituents is 1. The van der Waals surface area contributed by atoms with Gasteiger partial charge in [-0.2, -0.15) is 0 Å². The van der Waals surface area contributed by atoms with Crippen molar-refractivity contribution in [3.8, 4) is 5.75 Å². The van der Waals surface area contributed by atoms with Gasteiger partial charge in [0.15, 0.2) is 15.6 Å². The summed E-state index contributed by atoms with van der Waals surface area (Å²) in [6.45, 7) is -1.02. The summed E-state index contributed by atoms with van der Waals surface area (Å²) in [5.74, 6) is -2.01. The van der Waals surface area contributed by atoms with E-state index in [9.17, 15) is 65.4 Å². The topological polar surface area (TPSA) is 317 Å². The van der Waals surface area contributed by atoms with Crippen molar-refractivity contribution in [2.24, 2.45) is 10.2 Å². The maximum atomic E-state index is 12.5. The first-order chi connectivity index (χ1) is 20.5. The minimum Gasteiger partial charge on any atom is -0.744 e. The second kappa shape index (κ2) is 18.1. The quantitative estimate of drug-likeness (QED) is 0.0672. The van der Waals surface area contributed by atoms with Crippen molar-refractivity contribution < 1.29 is 188 Å². The van der Waals surface area contributed by atoms with E-state index in [1.807, 2.05) is 0 Å². The van der Waals surface area contributed by atoms with Crippen LogP contribution < -0.4 is 118 Å². The summed E-state index contributed by atoms with van der Waals surface area (Å²) < 4.78 is 167. The summed E-state index contributed by atoms with van der Waals surface area (Å²) in [5, 5.41) is 16.5. The largest absolute Gasteiger partial charge is 1.00 e. The second-order valence-corrected chi connectivity index (χ2v) is 16.1. The molecule has 0 aliphatic rings. The fourth-order valence-corrected chi connectivity index (χ4v) is 7.53. The standard InChI is InChI=1S/C22H18N2O16S5.4Na/c25-21-16-4-3-15(42(28,29)30)10-13(16)11-19(43(31,32)33)20(21)24-23-18-6-1-12-9-14(2-5-17(12)22(18)44(34,35)36)41(26,27)8-7-40-45(37,38)39;;;;/h1-6,9-11,25H,7-8H2,(H,28,29,30)(H,31,32,33)(H,34,35,36)(H,37,38,39);;;;/q;4*+1/p-4. The molecular formula is C22H14N2Na4O16S5. The van der Waals surface area contributed by atoms with E-state index in [1.54, 1.807) is 0 Å². The van der Waals surface area contributed by atoms with E-state index in [-0.39, 0.29) is 134 Å². The van der Waals surface area contributed by atoms with Gasteiger partial charge in [-0.1, -0.05) is 12.1 Å². The van der Waals surface area contributed by atoms with Crippen molar-refractivity contribution in [3.63, 3.8) is 0 Å². The number of hydrogen-bond acceptors (Lipinski definition) is 18. The summed E-state index contributed by atoms with van der Waals surface area (Å²) in [4.78, 5) is -3.64. The zero-order valence-electron chi connectivity index (χ0n) is 25.6. The van der Waals surface area contributed by atoms with Gasteiger partial charge in [-0.15, -0.1) is 10.2 Å². The number of nitrogens with zero attached hydrogens (tertiary/aromatic N) is 2. The van der Waals surface area contributed by atoms with Gasteiger partial charge in [-0.3, -0.25) is 4.18 Å². The van der Waals surface area contributed by atoms with E-state index in [4.69, 9.17) is 0 Å². The van der Waals surface area contributed by atoms with Crippen LogP contribution in [0.1, 0.15) is 0 Å². The van der Waals surface area contributed by atoms with E-state index in [1.165, 1.54) is 0 Å². The first kappa shape index (κ1) is 49.4. The molecule has 0 saturated heterocycles. The Morgan fingerprint density at radius 1 is 0.612 bits per heavy atom. The van der Waals surface area contributed by atoms with Crippen LogP contribution in [0, 0.1) is 0 Å². The Morgan fingerprint density at radius 2 is 1.16 bits per heavy atom. The number of phenols is 1. The predicted molar refractivity (Wildman–Crippen MR) is 145 cm³/mol. The third kappa shape index (κ3) is 12.2. The number of benzene rings is 4. The van der Waals surface area contributed by atoms with Crippen LogP contribution in [0.5, 0.6) is 5.75 Å². The Hall–Kier alpha value is 0.350. The van der Waals surface area contributed by atoms with Crippen molar-refractivity contribution in [3.05, 3.63) is 54.6 Å². The summed E-state index contributed by atoms with van der Waals surface area (Å²) in [6, 6.07) is 7.54. The first-order valence-electron chi connectivity index (χ1n) is 11.5. The normalized spacial score (nSPS) is 12.5. The van der Waals surface area contributed by atoms with Crippen molar-refractivity contribution in [1.82, 2.24) is 0 Å². The van der Waals surface area contributed by atoms with Crippen molar-refractivity contribution in [2.45, 2.75) is 19.6 Å². The third-order valence-electron chi connectivity index (χ3n) is 5.95. The number of rotatable bonds is 10. The molecule has 242 valence electrons. The minimum atomic E-state index is -5.49. The van der Waals surface area contributed by atoms with E-state index >= 15 is 0 Å². The Balaban J connectivity index is 0.00000576. The number of aromatic hydroxyl groups is 1. The molecule has 0 aromatic heterocycles. The van der Waals surface area contributed by atoms with Crippen LogP contribution in [0.4, 0.5) is 11.4 Å². The van der Waals surface area contributed by atoms with Crippen LogP contribution in [-0.4, -0.2) is 77.8 Å². The SMILES string of the molecule is O=S(=O)([O-])OCCS(=O)(=O)c1ccc2c(S(=O)(=O)[O-])c(N=Nc3c(S(=O)(=O)[O-])cc4cc(S(=O)(=O)[O-])ccc4c3O)ccc2c1.[Na+].[Na+].[Na+].[Na+]. The van der Waals surface area contributed by atoms with Gasteiger partial charge in [0.2, 0.25) is 10.4 Å². The van der Waals surface area contributed by atoms with Gasteiger partial charge in [0, 0.05) is 10.8 Å². The van der Waals surface area contributed by atoms with Crippen LogP contribution in [0.2, 0.25) is 0 Å². The van der Waals surface area contributed by atoms with Gasteiger partial charge in [-0.25, -0.2) is 42.1 Å². The fourth-order valence-electron chi connectivity index (χ4n) is 4.04. The van der Waals surface area contributed by atoms with Crippen LogP contribution in [0.3, 0.4) is 0 Å². The second-order valence-electron chi connectivity index (χ2n) is 8.86. The molecule has 4 rings (SSSR count). The summed E-state index contributed by atoms with van der Waals surface area (Å²) in [6.07, 6.45) is 0. The molecule has 0 saturated carbocycles. The molecule has 0 heterocycles. The van der Waals surface area contributed by atoms with Crippen LogP contribution in [0.25, 0.3) is 21.5 Å². The summed E-state index contributed by atoms with van der Waals surface area (Å²) >= 11 is 0. The number of fused-ring (bicyclic) bond motifs is 2. The van der Waals surface area contributed by atoms with Gasteiger partial charge in [0.25, 0.3) is 0 Å². The van der Waals surface area contributed by atoms with Gasteiger partial charge < -0.3 is 23.3 Å². The van der Waals surface area contributed by atoms with Crippen molar-refractivity contribution in [2.75, 3.05) is 12.4 Å². The molecule has 4 aromatic rings. The Morgan fingerprint density at radius 3 is 1.69 bits per heavy atom. The Bertz CT molecular complexity index is 2500. The fraction of sp³-hybridized carbons (Fsp3) is 0.0909. The van der Waals surface area contributed by atoms with E-state index in [0.717, 1.165) is 42.5 Å². The van der Waals surface area contributed by atoms with Crippen molar-refractivity contribution in [1.29, 1.82) is 0 Å². The van der Waals surface area contributed by atoms with Crippen LogP contribution in [-0.2, 0) is 54.8 Å². The number of sulfone groups is 1. The monoisotopic (exact) mass is 814 g/mol. The molecule has 1 N–H and O–H groups in total. The first-order valence-corrected chi connectivity index (χ1v) is 18.7. The van der Waals surface area contributed by atoms with Gasteiger partial charge >= 0.3 is 118 Å². The molecule has 18 nitrogen and oxygen atoms in total. The number of hydrogen-bond donors (Lipinski definition) is 1. The van der Waals surface area contributed by atoms with E-state index < -0.39 is 105 Å². The molecule has 0 aliphatic heterocycles. The zero-order valence-corrected chi connectivity index (χ0v) is 37.7. The molecule has 0 amide bonds. The smallest absolute Gasteiger partial charge is 0.744 e. The van der Waals surface area contributed by atoms with E-state index in [2.05, 4.69) is 14.4 Å². The van der Waals surface area contributed by atoms with Crippen LogP contribution in [0.15, 0.2) is 84.4 Å². The molecule has 4 aromatic carbocycles. The molecule has 49 heavy (non-hydrogen) atoms. The molecule has 0 radical (unpaired) electrons. The van der Waals surface area contributed by atoms with E-state index in [0.29, 0.717) is 12.1 Å². The minimum absolute atomic E-state index is 0. The Labute approximate surface area is 368 Å². The molecule has 0 bridgehead atoms. The average Bonchev–Trinajstić information content (AvgIpc) is 2.89. The van der Waals surface area contributed by atoms with Gasteiger partial charge in [-0.05, 0) is 53.2 Å². The maximum absolute atomic E-state index is 12.5. The maximum Gasteiger partial charge on any atom is 1.00 e. The predicted octanol–water partition coefficient (Wildman–Crippen LogP) is -10.9. The van der Waals surface area contributed by atoms with Crippen LogP contribution >= 0.6 is 0 Å². The molecule has 0 spiro atoms. The summed E-state index contributed by atoms with van der Waals surface area (Å²) in [7, 11) is -25.4. The van der Waals surface area contributed by atoms with Gasteiger partial charge in [0.1, 0.15) is 41.7 Å². The Kier molecular flexibility index (Phi) is 18.2. The molecule has 0 fully saturated rings.